The zero-order valence-corrected chi connectivity index (χ0v) is 13.3. The molecule has 0 fully saturated rings. The fourth-order valence-electron chi connectivity index (χ4n) is 1.38. The molecule has 0 unspecified atom stereocenters. The summed E-state index contributed by atoms with van der Waals surface area (Å²) in [5, 5.41) is 0.190. The molecule has 0 bridgehead atoms. The van der Waals surface area contributed by atoms with Crippen molar-refractivity contribution in [2.75, 3.05) is 0 Å². The second-order valence-corrected chi connectivity index (χ2v) is 8.45. The molecule has 0 spiro atoms. The molecule has 0 amide bonds. The Bertz CT molecular complexity index is 682. The van der Waals surface area contributed by atoms with Gasteiger partial charge in [0.15, 0.2) is 0 Å². The lowest BCUT2D eigenvalue weighted by Crippen LogP contribution is -2.23. The molecule has 8 heteroatoms. The zero-order valence-electron chi connectivity index (χ0n) is 9.36. The molecule has 0 aliphatic carbocycles. The molecule has 0 saturated carbocycles. The molecular weight excluding hydrogens is 377 g/mol. The van der Waals surface area contributed by atoms with E-state index in [4.69, 9.17) is 11.6 Å². The van der Waals surface area contributed by atoms with Gasteiger partial charge in [-0.1, -0.05) is 17.7 Å². The third kappa shape index (κ3) is 3.55. The Morgan fingerprint density at radius 2 is 2.05 bits per heavy atom. The van der Waals surface area contributed by atoms with Gasteiger partial charge < -0.3 is 0 Å². The van der Waals surface area contributed by atoms with Crippen LogP contribution in [0.15, 0.2) is 38.3 Å². The van der Waals surface area contributed by atoms with E-state index in [0.29, 0.717) is 3.79 Å². The molecule has 0 aliphatic heterocycles. The number of benzene rings is 1. The van der Waals surface area contributed by atoms with Crippen LogP contribution in [0.4, 0.5) is 4.39 Å². The van der Waals surface area contributed by atoms with Crippen LogP contribution in [-0.4, -0.2) is 8.42 Å². The lowest BCUT2D eigenvalue weighted by atomic mass is 10.2. The molecule has 0 atom stereocenters. The minimum absolute atomic E-state index is 0.128. The first kappa shape index (κ1) is 14.9. The van der Waals surface area contributed by atoms with Gasteiger partial charge in [0.2, 0.25) is 10.0 Å². The fourth-order valence-corrected chi connectivity index (χ4v) is 4.66. The summed E-state index contributed by atoms with van der Waals surface area (Å²) in [6.07, 6.45) is 0. The largest absolute Gasteiger partial charge is 0.250 e. The molecule has 2 rings (SSSR count). The van der Waals surface area contributed by atoms with Crippen molar-refractivity contribution in [3.05, 3.63) is 50.5 Å². The van der Waals surface area contributed by atoms with Crippen LogP contribution < -0.4 is 4.72 Å². The molecule has 1 aromatic heterocycles. The molecule has 1 aromatic carbocycles. The van der Waals surface area contributed by atoms with E-state index in [2.05, 4.69) is 20.7 Å². The van der Waals surface area contributed by atoms with Gasteiger partial charge in [-0.05, 0) is 40.2 Å². The monoisotopic (exact) mass is 383 g/mol. The predicted octanol–water partition coefficient (Wildman–Crippen LogP) is 3.78. The van der Waals surface area contributed by atoms with Crippen molar-refractivity contribution in [1.29, 1.82) is 0 Å². The highest BCUT2D eigenvalue weighted by Crippen LogP contribution is 2.26. The summed E-state index contributed by atoms with van der Waals surface area (Å²) in [6.45, 7) is -0.191. The van der Waals surface area contributed by atoms with Crippen LogP contribution in [-0.2, 0) is 16.6 Å². The third-order valence-electron chi connectivity index (χ3n) is 2.31. The lowest BCUT2D eigenvalue weighted by Gasteiger charge is -2.07. The highest BCUT2D eigenvalue weighted by atomic mass is 79.9. The number of halogens is 3. The molecule has 0 saturated heterocycles. The van der Waals surface area contributed by atoms with Gasteiger partial charge in [0.05, 0.1) is 3.79 Å². The summed E-state index contributed by atoms with van der Waals surface area (Å²) in [4.78, 5) is 0. The van der Waals surface area contributed by atoms with Crippen LogP contribution in [0.2, 0.25) is 5.02 Å². The van der Waals surface area contributed by atoms with Crippen molar-refractivity contribution < 1.29 is 12.8 Å². The first-order valence-electron chi connectivity index (χ1n) is 5.08. The maximum atomic E-state index is 13.5. The van der Waals surface area contributed by atoms with Gasteiger partial charge in [-0.3, -0.25) is 0 Å². The Morgan fingerprint density at radius 1 is 1.32 bits per heavy atom. The smallest absolute Gasteiger partial charge is 0.207 e. The Labute approximate surface area is 127 Å². The van der Waals surface area contributed by atoms with Crippen LogP contribution in [0.3, 0.4) is 0 Å². The van der Waals surface area contributed by atoms with Crippen molar-refractivity contribution in [1.82, 2.24) is 4.72 Å². The summed E-state index contributed by atoms with van der Waals surface area (Å²) in [5.74, 6) is -0.539. The highest BCUT2D eigenvalue weighted by molar-refractivity contribution is 9.11. The molecule has 19 heavy (non-hydrogen) atoms. The van der Waals surface area contributed by atoms with Gasteiger partial charge in [0, 0.05) is 17.1 Å². The average molecular weight is 385 g/mol. The highest BCUT2D eigenvalue weighted by Gasteiger charge is 2.17. The van der Waals surface area contributed by atoms with E-state index >= 15 is 0 Å². The van der Waals surface area contributed by atoms with E-state index in [9.17, 15) is 12.8 Å². The van der Waals surface area contributed by atoms with Gasteiger partial charge in [-0.15, -0.1) is 11.3 Å². The number of hydrogen-bond acceptors (Lipinski definition) is 3. The number of hydrogen-bond donors (Lipinski definition) is 1. The van der Waals surface area contributed by atoms with Crippen molar-refractivity contribution >= 4 is 48.9 Å². The molecule has 3 nitrogen and oxygen atoms in total. The van der Waals surface area contributed by atoms with Crippen LogP contribution in [0.25, 0.3) is 0 Å². The van der Waals surface area contributed by atoms with Gasteiger partial charge in [-0.2, -0.15) is 0 Å². The van der Waals surface area contributed by atoms with Gasteiger partial charge in [0.1, 0.15) is 10.0 Å². The third-order valence-corrected chi connectivity index (χ3v) is 6.18. The van der Waals surface area contributed by atoms with Gasteiger partial charge >= 0.3 is 0 Å². The van der Waals surface area contributed by atoms with Crippen molar-refractivity contribution in [3.8, 4) is 0 Å². The summed E-state index contributed by atoms with van der Waals surface area (Å²) in [5.41, 5.74) is 0.128. The zero-order chi connectivity index (χ0) is 14.0. The number of rotatable bonds is 4. The van der Waals surface area contributed by atoms with Crippen LogP contribution in [0, 0.1) is 5.82 Å². The molecule has 102 valence electrons. The van der Waals surface area contributed by atoms with Crippen LogP contribution in [0.1, 0.15) is 5.56 Å². The van der Waals surface area contributed by atoms with Crippen molar-refractivity contribution in [3.63, 3.8) is 0 Å². The SMILES string of the molecule is O=S(=O)(NCc1c(F)cccc1Cl)c1ccc(Br)s1. The van der Waals surface area contributed by atoms with Crippen LogP contribution >= 0.6 is 38.9 Å². The molecule has 1 N–H and O–H groups in total. The van der Waals surface area contributed by atoms with Crippen LogP contribution in [0.5, 0.6) is 0 Å². The topological polar surface area (TPSA) is 46.2 Å². The molecule has 0 aliphatic rings. The van der Waals surface area contributed by atoms with E-state index in [0.717, 1.165) is 11.3 Å². The summed E-state index contributed by atoms with van der Waals surface area (Å²) < 4.78 is 40.6. The molecule has 2 aromatic rings. The Morgan fingerprint density at radius 3 is 2.63 bits per heavy atom. The lowest BCUT2D eigenvalue weighted by molar-refractivity contribution is 0.576. The minimum Gasteiger partial charge on any atom is -0.207 e. The van der Waals surface area contributed by atoms with E-state index in [1.54, 1.807) is 6.07 Å². The second-order valence-electron chi connectivity index (χ2n) is 3.58. The maximum absolute atomic E-state index is 13.5. The first-order valence-corrected chi connectivity index (χ1v) is 8.55. The molecule has 1 heterocycles. The molecular formula is C11H8BrClFNO2S2. The minimum atomic E-state index is -3.66. The van der Waals surface area contributed by atoms with Crippen molar-refractivity contribution in [2.45, 2.75) is 10.8 Å². The number of sulfonamides is 1. The standard InChI is InChI=1S/C11H8BrClFNO2S2/c12-10-4-5-11(18-10)19(16,17)15-6-7-8(13)2-1-3-9(7)14/h1-5,15H,6H2. The predicted molar refractivity (Wildman–Crippen MR) is 77.5 cm³/mol. The van der Waals surface area contributed by atoms with E-state index in [-0.39, 0.29) is 21.3 Å². The quantitative estimate of drug-likeness (QED) is 0.872. The summed E-state index contributed by atoms with van der Waals surface area (Å²) >= 11 is 10.1. The Balaban J connectivity index is 2.19. The van der Waals surface area contributed by atoms with E-state index in [1.165, 1.54) is 24.3 Å². The number of nitrogens with one attached hydrogen (secondary N) is 1. The average Bonchev–Trinajstić information content (AvgIpc) is 2.76. The summed E-state index contributed by atoms with van der Waals surface area (Å²) in [6, 6.07) is 7.31. The fraction of sp³-hybridized carbons (Fsp3) is 0.0909. The van der Waals surface area contributed by atoms with Gasteiger partial charge in [0.25, 0.3) is 0 Å². The number of thiophene rings is 1. The Hall–Kier alpha value is -0.470. The Kier molecular flexibility index (Phi) is 4.62. The maximum Gasteiger partial charge on any atom is 0.250 e. The first-order chi connectivity index (χ1) is 8.90. The second kappa shape index (κ2) is 5.88. The van der Waals surface area contributed by atoms with Crippen molar-refractivity contribution in [2.24, 2.45) is 0 Å². The summed E-state index contributed by atoms with van der Waals surface area (Å²) in [7, 11) is -3.66. The van der Waals surface area contributed by atoms with E-state index in [1.807, 2.05) is 0 Å². The van der Waals surface area contributed by atoms with E-state index < -0.39 is 15.8 Å². The normalized spacial score (nSPS) is 11.7. The van der Waals surface area contributed by atoms with Gasteiger partial charge in [-0.25, -0.2) is 17.5 Å². The molecule has 0 radical (unpaired) electrons.